The summed E-state index contributed by atoms with van der Waals surface area (Å²) in [6.45, 7) is 9.66. The van der Waals surface area contributed by atoms with E-state index in [9.17, 15) is 0 Å². The number of pyridine rings is 1. The van der Waals surface area contributed by atoms with Crippen molar-refractivity contribution in [2.45, 2.75) is 53.3 Å². The predicted molar refractivity (Wildman–Crippen MR) is 86.8 cm³/mol. The zero-order chi connectivity index (χ0) is 15.2. The molecule has 5 heteroatoms. The lowest BCUT2D eigenvalue weighted by atomic mass is 10.2. The van der Waals surface area contributed by atoms with Crippen LogP contribution in [-0.2, 0) is 19.6 Å². The van der Waals surface area contributed by atoms with Gasteiger partial charge in [-0.3, -0.25) is 4.98 Å². The molecule has 0 atom stereocenters. The molecular weight excluding hydrogens is 282 g/mol. The minimum atomic E-state index is 0.472. The molecule has 0 saturated carbocycles. The Hall–Kier alpha value is -1.46. The standard InChI is InChI=1S/C16H23N3OS/c1-5-14-15(7-6-12(4)18-14)20-9-13-10-21-16(19-13)8-17-11(2)3/h6-7,10-11,17H,5,8-9H2,1-4H3. The summed E-state index contributed by atoms with van der Waals surface area (Å²) in [4.78, 5) is 9.09. The summed E-state index contributed by atoms with van der Waals surface area (Å²) in [5, 5.41) is 6.53. The molecule has 4 nitrogen and oxygen atoms in total. The van der Waals surface area contributed by atoms with Gasteiger partial charge in [0.25, 0.3) is 0 Å². The van der Waals surface area contributed by atoms with Gasteiger partial charge in [0.1, 0.15) is 17.4 Å². The minimum absolute atomic E-state index is 0.472. The van der Waals surface area contributed by atoms with E-state index >= 15 is 0 Å². The number of aromatic nitrogens is 2. The maximum Gasteiger partial charge on any atom is 0.141 e. The van der Waals surface area contributed by atoms with Gasteiger partial charge in [-0.25, -0.2) is 4.98 Å². The summed E-state index contributed by atoms with van der Waals surface area (Å²) in [5.41, 5.74) is 3.00. The van der Waals surface area contributed by atoms with Crippen molar-refractivity contribution in [3.05, 3.63) is 39.6 Å². The fourth-order valence-electron chi connectivity index (χ4n) is 1.92. The Balaban J connectivity index is 1.94. The molecule has 0 amide bonds. The first-order chi connectivity index (χ1) is 10.1. The lowest BCUT2D eigenvalue weighted by Crippen LogP contribution is -2.21. The SMILES string of the molecule is CCc1nc(C)ccc1OCc1csc(CNC(C)C)n1. The van der Waals surface area contributed by atoms with Gasteiger partial charge in [0.15, 0.2) is 0 Å². The maximum atomic E-state index is 5.87. The highest BCUT2D eigenvalue weighted by molar-refractivity contribution is 7.09. The van der Waals surface area contributed by atoms with E-state index in [4.69, 9.17) is 4.74 Å². The highest BCUT2D eigenvalue weighted by atomic mass is 32.1. The van der Waals surface area contributed by atoms with Crippen molar-refractivity contribution in [3.8, 4) is 5.75 Å². The molecule has 0 bridgehead atoms. The van der Waals surface area contributed by atoms with Gasteiger partial charge in [-0.1, -0.05) is 20.8 Å². The number of rotatable bonds is 7. The van der Waals surface area contributed by atoms with Gasteiger partial charge < -0.3 is 10.1 Å². The largest absolute Gasteiger partial charge is 0.485 e. The number of nitrogens with zero attached hydrogens (tertiary/aromatic N) is 2. The van der Waals surface area contributed by atoms with Crippen LogP contribution < -0.4 is 10.1 Å². The molecule has 2 aromatic heterocycles. The van der Waals surface area contributed by atoms with E-state index in [2.05, 4.69) is 41.4 Å². The van der Waals surface area contributed by atoms with E-state index in [1.807, 2.05) is 19.1 Å². The predicted octanol–water partition coefficient (Wildman–Crippen LogP) is 3.49. The van der Waals surface area contributed by atoms with Crippen molar-refractivity contribution in [3.63, 3.8) is 0 Å². The van der Waals surface area contributed by atoms with E-state index in [0.29, 0.717) is 12.6 Å². The molecule has 0 saturated heterocycles. The Morgan fingerprint density at radius 2 is 2.10 bits per heavy atom. The van der Waals surface area contributed by atoms with E-state index in [1.165, 1.54) is 0 Å². The fraction of sp³-hybridized carbons (Fsp3) is 0.500. The summed E-state index contributed by atoms with van der Waals surface area (Å²) in [5.74, 6) is 0.859. The molecule has 0 spiro atoms. The van der Waals surface area contributed by atoms with Crippen LogP contribution in [0, 0.1) is 6.92 Å². The Labute approximate surface area is 130 Å². The second-order valence-corrected chi connectivity index (χ2v) is 6.25. The normalized spacial score (nSPS) is 11.1. The molecule has 114 valence electrons. The molecule has 0 aromatic carbocycles. The van der Waals surface area contributed by atoms with Crippen molar-refractivity contribution in [1.82, 2.24) is 15.3 Å². The lowest BCUT2D eigenvalue weighted by molar-refractivity contribution is 0.297. The number of ether oxygens (including phenoxy) is 1. The highest BCUT2D eigenvalue weighted by Crippen LogP contribution is 2.19. The molecule has 0 radical (unpaired) electrons. The Morgan fingerprint density at radius 3 is 2.81 bits per heavy atom. The van der Waals surface area contributed by atoms with Crippen LogP contribution in [0.5, 0.6) is 5.75 Å². The Bertz CT molecular complexity index is 581. The van der Waals surface area contributed by atoms with Gasteiger partial charge >= 0.3 is 0 Å². The van der Waals surface area contributed by atoms with E-state index in [0.717, 1.165) is 40.8 Å². The molecule has 1 N–H and O–H groups in total. The van der Waals surface area contributed by atoms with Gasteiger partial charge in [-0.2, -0.15) is 0 Å². The number of nitrogens with one attached hydrogen (secondary N) is 1. The quantitative estimate of drug-likeness (QED) is 0.850. The average molecular weight is 305 g/mol. The van der Waals surface area contributed by atoms with Gasteiger partial charge in [-0.15, -0.1) is 11.3 Å². The van der Waals surface area contributed by atoms with Crippen molar-refractivity contribution in [2.24, 2.45) is 0 Å². The van der Waals surface area contributed by atoms with Crippen molar-refractivity contribution < 1.29 is 4.74 Å². The number of hydrogen-bond donors (Lipinski definition) is 1. The molecule has 2 heterocycles. The topological polar surface area (TPSA) is 47.0 Å². The highest BCUT2D eigenvalue weighted by Gasteiger charge is 2.07. The van der Waals surface area contributed by atoms with E-state index in [1.54, 1.807) is 11.3 Å². The Morgan fingerprint density at radius 1 is 1.29 bits per heavy atom. The fourth-order valence-corrected chi connectivity index (χ4v) is 2.65. The van der Waals surface area contributed by atoms with Crippen molar-refractivity contribution in [1.29, 1.82) is 0 Å². The first kappa shape index (κ1) is 15.9. The van der Waals surface area contributed by atoms with Crippen LogP contribution >= 0.6 is 11.3 Å². The van der Waals surface area contributed by atoms with Crippen LogP contribution in [-0.4, -0.2) is 16.0 Å². The van der Waals surface area contributed by atoms with Crippen LogP contribution in [0.3, 0.4) is 0 Å². The van der Waals surface area contributed by atoms with Crippen molar-refractivity contribution >= 4 is 11.3 Å². The third-order valence-corrected chi connectivity index (χ3v) is 3.94. The summed E-state index contributed by atoms with van der Waals surface area (Å²) in [6, 6.07) is 4.45. The van der Waals surface area contributed by atoms with Gasteiger partial charge in [0.2, 0.25) is 0 Å². The molecule has 0 aliphatic heterocycles. The summed E-state index contributed by atoms with van der Waals surface area (Å²) in [6.07, 6.45) is 0.873. The first-order valence-corrected chi connectivity index (χ1v) is 8.22. The lowest BCUT2D eigenvalue weighted by Gasteiger charge is -2.09. The van der Waals surface area contributed by atoms with Crippen molar-refractivity contribution in [2.75, 3.05) is 0 Å². The van der Waals surface area contributed by atoms with E-state index < -0.39 is 0 Å². The molecule has 0 aliphatic carbocycles. The van der Waals surface area contributed by atoms with Gasteiger partial charge in [0, 0.05) is 23.7 Å². The summed E-state index contributed by atoms with van der Waals surface area (Å²) in [7, 11) is 0. The molecule has 2 rings (SSSR count). The van der Waals surface area contributed by atoms with Crippen LogP contribution in [0.1, 0.15) is 42.9 Å². The Kier molecular flexibility index (Phi) is 5.70. The number of thiazole rings is 1. The monoisotopic (exact) mass is 305 g/mol. The summed E-state index contributed by atoms with van der Waals surface area (Å²) >= 11 is 1.67. The number of hydrogen-bond acceptors (Lipinski definition) is 5. The average Bonchev–Trinajstić information content (AvgIpc) is 2.91. The molecule has 21 heavy (non-hydrogen) atoms. The number of aryl methyl sites for hydroxylation is 2. The smallest absolute Gasteiger partial charge is 0.141 e. The van der Waals surface area contributed by atoms with Crippen LogP contribution in [0.15, 0.2) is 17.5 Å². The third-order valence-electron chi connectivity index (χ3n) is 3.04. The van der Waals surface area contributed by atoms with Crippen LogP contribution in [0.25, 0.3) is 0 Å². The van der Waals surface area contributed by atoms with Gasteiger partial charge in [-0.05, 0) is 25.5 Å². The molecule has 0 fully saturated rings. The second kappa shape index (κ2) is 7.52. The van der Waals surface area contributed by atoms with Crippen LogP contribution in [0.2, 0.25) is 0 Å². The van der Waals surface area contributed by atoms with Gasteiger partial charge in [0.05, 0.1) is 11.4 Å². The molecule has 0 unspecified atom stereocenters. The minimum Gasteiger partial charge on any atom is -0.485 e. The second-order valence-electron chi connectivity index (χ2n) is 5.31. The zero-order valence-electron chi connectivity index (χ0n) is 13.1. The maximum absolute atomic E-state index is 5.87. The zero-order valence-corrected chi connectivity index (χ0v) is 14.0. The molecule has 0 aliphatic rings. The molecule has 2 aromatic rings. The van der Waals surface area contributed by atoms with E-state index in [-0.39, 0.29) is 0 Å². The first-order valence-electron chi connectivity index (χ1n) is 7.34. The summed E-state index contributed by atoms with van der Waals surface area (Å²) < 4.78 is 5.87. The van der Waals surface area contributed by atoms with Crippen LogP contribution in [0.4, 0.5) is 0 Å². The third kappa shape index (κ3) is 4.79. The molecular formula is C16H23N3OS.